The lowest BCUT2D eigenvalue weighted by atomic mass is 10.3. The lowest BCUT2D eigenvalue weighted by molar-refractivity contribution is -0.131. The Hall–Kier alpha value is -0.590. The molecule has 1 unspecified atom stereocenters. The fourth-order valence-electron chi connectivity index (χ4n) is 0.826. The van der Waals surface area contributed by atoms with Gasteiger partial charge in [0.1, 0.15) is 4.91 Å². The van der Waals surface area contributed by atoms with Crippen LogP contribution in [0.15, 0.2) is 20.9 Å². The van der Waals surface area contributed by atoms with Gasteiger partial charge in [0.25, 0.3) is 0 Å². The van der Waals surface area contributed by atoms with E-state index in [1.807, 2.05) is 0 Å². The number of hydrogen-bond donors (Lipinski definition) is 1. The van der Waals surface area contributed by atoms with Crippen molar-refractivity contribution in [2.75, 3.05) is 0 Å². The van der Waals surface area contributed by atoms with Crippen molar-refractivity contribution < 1.29 is 18.3 Å². The van der Waals surface area contributed by atoms with Crippen LogP contribution in [0, 0.1) is 0 Å². The summed E-state index contributed by atoms with van der Waals surface area (Å²) in [6.45, 7) is 1.57. The summed E-state index contributed by atoms with van der Waals surface area (Å²) in [5.41, 5.74) is 0.492. The summed E-state index contributed by atoms with van der Waals surface area (Å²) in [7, 11) is -3.86. The molecule has 0 saturated carbocycles. The molecule has 0 amide bonds. The molecule has 0 aromatic heterocycles. The Morgan fingerprint density at radius 3 is 2.46 bits per heavy atom. The van der Waals surface area contributed by atoms with E-state index in [9.17, 15) is 13.2 Å². The van der Waals surface area contributed by atoms with Gasteiger partial charge in [-0.2, -0.15) is 8.42 Å². The van der Waals surface area contributed by atoms with Gasteiger partial charge in [-0.25, -0.2) is 4.79 Å². The van der Waals surface area contributed by atoms with Gasteiger partial charge >= 0.3 is 5.97 Å². The third kappa shape index (κ3) is 1.84. The monoisotopic (exact) mass is 240 g/mol. The van der Waals surface area contributed by atoms with Crippen LogP contribution < -0.4 is 0 Å². The molecule has 4 nitrogen and oxygen atoms in total. The van der Waals surface area contributed by atoms with E-state index in [0.717, 1.165) is 0 Å². The number of rotatable bonds is 1. The third-order valence-electron chi connectivity index (χ3n) is 1.37. The maximum Gasteiger partial charge on any atom is 0.344 e. The number of aliphatic carboxylic acids is 1. The zero-order valence-electron chi connectivity index (χ0n) is 6.44. The van der Waals surface area contributed by atoms with Crippen LogP contribution in [0.5, 0.6) is 0 Å². The van der Waals surface area contributed by atoms with Crippen LogP contribution in [0.25, 0.3) is 0 Å². The molecule has 0 saturated heterocycles. The van der Waals surface area contributed by atoms with Crippen molar-refractivity contribution in [1.29, 1.82) is 0 Å². The predicted molar refractivity (Wildman–Crippen MR) is 50.6 cm³/mol. The highest BCUT2D eigenvalue weighted by Crippen LogP contribution is 2.30. The van der Waals surface area contributed by atoms with E-state index in [1.165, 1.54) is 5.41 Å². The first kappa shape index (κ1) is 10.5. The molecule has 1 N–H and O–H groups in total. The summed E-state index contributed by atoms with van der Waals surface area (Å²) in [6.07, 6.45) is 0. The van der Waals surface area contributed by atoms with Gasteiger partial charge in [0, 0.05) is 0 Å². The second-order valence-corrected chi connectivity index (χ2v) is 6.17. The van der Waals surface area contributed by atoms with Crippen LogP contribution in [-0.2, 0) is 23.5 Å². The second-order valence-electron chi connectivity index (χ2n) is 2.25. The van der Waals surface area contributed by atoms with E-state index >= 15 is 0 Å². The fourth-order valence-corrected chi connectivity index (χ4v) is 4.23. The number of carboxylic acids is 1. The topological polar surface area (TPSA) is 71.4 Å². The van der Waals surface area contributed by atoms with Crippen LogP contribution in [0.2, 0.25) is 0 Å². The molecule has 13 heavy (non-hydrogen) atoms. The van der Waals surface area contributed by atoms with E-state index in [0.29, 0.717) is 5.57 Å². The normalized spacial score (nSPS) is 21.7. The van der Waals surface area contributed by atoms with E-state index < -0.39 is 24.7 Å². The summed E-state index contributed by atoms with van der Waals surface area (Å²) < 4.78 is 21.2. The van der Waals surface area contributed by atoms with Gasteiger partial charge in [-0.05, 0) is 27.4 Å². The zero-order chi connectivity index (χ0) is 10.2. The maximum absolute atomic E-state index is 10.6. The summed E-state index contributed by atoms with van der Waals surface area (Å²) in [5, 5.41) is 10.0. The average Bonchev–Trinajstić information content (AvgIpc) is 2.28. The number of carboxylic acid groups (broad SMARTS) is 1. The maximum atomic E-state index is 10.6. The molecule has 1 aliphatic rings. The van der Waals surface area contributed by atoms with Crippen molar-refractivity contribution in [1.82, 2.24) is 0 Å². The highest BCUT2D eigenvalue weighted by Gasteiger charge is 2.25. The van der Waals surface area contributed by atoms with E-state index in [1.54, 1.807) is 6.92 Å². The van der Waals surface area contributed by atoms with Gasteiger partial charge in [-0.1, -0.05) is 11.6 Å². The van der Waals surface area contributed by atoms with E-state index in [2.05, 4.69) is 0 Å². The van der Waals surface area contributed by atoms with Crippen molar-refractivity contribution in [2.24, 2.45) is 0 Å². The number of allylic oxidation sites excluding steroid dienone is 2. The van der Waals surface area contributed by atoms with Gasteiger partial charge in [0.15, 0.2) is 0 Å². The van der Waals surface area contributed by atoms with Crippen molar-refractivity contribution in [3.63, 3.8) is 0 Å². The van der Waals surface area contributed by atoms with Crippen LogP contribution in [-0.4, -0.2) is 19.5 Å². The summed E-state index contributed by atoms with van der Waals surface area (Å²) >= 11 is 5.63. The first-order valence-electron chi connectivity index (χ1n) is 3.10. The number of hydrogen-bond acceptors (Lipinski definition) is 3. The van der Waals surface area contributed by atoms with Gasteiger partial charge in [-0.15, -0.1) is 0 Å². The van der Waals surface area contributed by atoms with Gasteiger partial charge < -0.3 is 5.11 Å². The Kier molecular flexibility index (Phi) is 2.94. The standard InChI is InChI=1S/C6H5ClO4S2/c1-3-2-12(13(10)11)5(4(3)7)6(8)9/h2H,1H3,(H,8,9). The Labute approximate surface area is 82.6 Å². The fraction of sp³-hybridized carbons (Fsp3) is 0.167. The average molecular weight is 241 g/mol. The second kappa shape index (κ2) is 3.65. The lowest BCUT2D eigenvalue weighted by Crippen LogP contribution is -2.03. The minimum Gasteiger partial charge on any atom is -0.477 e. The first-order valence-corrected chi connectivity index (χ1v) is 6.35. The van der Waals surface area contributed by atoms with Crippen LogP contribution in [0.3, 0.4) is 0 Å². The summed E-state index contributed by atoms with van der Waals surface area (Å²) in [6, 6.07) is 0. The quantitative estimate of drug-likeness (QED) is 0.738. The predicted octanol–water partition coefficient (Wildman–Crippen LogP) is 0.851. The van der Waals surface area contributed by atoms with Crippen LogP contribution >= 0.6 is 11.6 Å². The molecule has 0 radical (unpaired) electrons. The third-order valence-corrected chi connectivity index (χ3v) is 5.28. The Morgan fingerprint density at radius 2 is 2.15 bits per heavy atom. The van der Waals surface area contributed by atoms with Crippen molar-refractivity contribution in [2.45, 2.75) is 6.92 Å². The molecule has 1 heterocycles. The molecule has 0 aliphatic carbocycles. The van der Waals surface area contributed by atoms with E-state index in [4.69, 9.17) is 16.7 Å². The molecule has 72 valence electrons. The number of carbonyl (C=O) groups is 1. The highest BCUT2D eigenvalue weighted by atomic mass is 35.5. The van der Waals surface area contributed by atoms with Crippen molar-refractivity contribution in [3.8, 4) is 0 Å². The van der Waals surface area contributed by atoms with Crippen molar-refractivity contribution >= 4 is 36.3 Å². The Morgan fingerprint density at radius 1 is 1.62 bits per heavy atom. The Bertz CT molecular complexity index is 461. The van der Waals surface area contributed by atoms with E-state index in [-0.39, 0.29) is 9.94 Å². The first-order chi connectivity index (χ1) is 5.95. The van der Waals surface area contributed by atoms with Crippen molar-refractivity contribution in [3.05, 3.63) is 20.9 Å². The molecule has 7 heteroatoms. The minimum absolute atomic E-state index is 0.0278. The minimum atomic E-state index is -2.45. The molecule has 1 rings (SSSR count). The summed E-state index contributed by atoms with van der Waals surface area (Å²) in [4.78, 5) is 10.4. The summed E-state index contributed by atoms with van der Waals surface area (Å²) in [5.74, 6) is -1.29. The molecule has 0 fully saturated rings. The highest BCUT2D eigenvalue weighted by molar-refractivity contribution is 8.38. The van der Waals surface area contributed by atoms with Crippen LogP contribution in [0.1, 0.15) is 6.92 Å². The molecule has 0 bridgehead atoms. The molecule has 0 aromatic carbocycles. The van der Waals surface area contributed by atoms with Gasteiger partial charge in [0.05, 0.1) is 5.03 Å². The molecular formula is C6H5ClO4S2. The van der Waals surface area contributed by atoms with Crippen LogP contribution in [0.4, 0.5) is 0 Å². The largest absolute Gasteiger partial charge is 0.477 e. The lowest BCUT2D eigenvalue weighted by Gasteiger charge is -1.94. The zero-order valence-corrected chi connectivity index (χ0v) is 8.83. The number of halogens is 1. The SMILES string of the molecule is CC1=CS(=S(=O)=O)C(C(=O)O)=C1Cl. The molecular weight excluding hydrogens is 236 g/mol. The molecule has 1 aliphatic heterocycles. The Balaban J connectivity index is 3.53. The van der Waals surface area contributed by atoms with Gasteiger partial charge in [0.2, 0.25) is 9.26 Å². The molecule has 1 atom stereocenters. The smallest absolute Gasteiger partial charge is 0.344 e. The van der Waals surface area contributed by atoms with Gasteiger partial charge in [-0.3, -0.25) is 0 Å². The molecule has 0 aromatic rings. The molecule has 0 spiro atoms.